The van der Waals surface area contributed by atoms with Gasteiger partial charge in [0, 0.05) is 11.3 Å². The minimum Gasteiger partial charge on any atom is -0.465 e. The van der Waals surface area contributed by atoms with Crippen molar-refractivity contribution in [2.45, 2.75) is 0 Å². The van der Waals surface area contributed by atoms with Crippen molar-refractivity contribution < 1.29 is 14.3 Å². The van der Waals surface area contributed by atoms with Gasteiger partial charge in [-0.25, -0.2) is 4.79 Å². The van der Waals surface area contributed by atoms with Crippen molar-refractivity contribution in [2.24, 2.45) is 0 Å². The largest absolute Gasteiger partial charge is 0.465 e. The molecular weight excluding hydrogens is 304 g/mol. The average molecular weight is 318 g/mol. The summed E-state index contributed by atoms with van der Waals surface area (Å²) in [6.45, 7) is 0. The average Bonchev–Trinajstić information content (AvgIpc) is 3.08. The molecular formula is C19H14N2O3. The molecule has 0 aromatic heterocycles. The lowest BCUT2D eigenvalue weighted by Crippen LogP contribution is -2.17. The molecule has 1 aliphatic rings. The van der Waals surface area contributed by atoms with Crippen molar-refractivity contribution in [3.05, 3.63) is 83.9 Å². The van der Waals surface area contributed by atoms with Crippen molar-refractivity contribution in [3.8, 4) is 6.07 Å². The molecule has 5 nitrogen and oxygen atoms in total. The van der Waals surface area contributed by atoms with Gasteiger partial charge < -0.3 is 9.47 Å². The zero-order valence-corrected chi connectivity index (χ0v) is 13.0. The fraction of sp³-hybridized carbons (Fsp3) is 0.0526. The van der Waals surface area contributed by atoms with Gasteiger partial charge in [0.2, 0.25) is 5.88 Å². The third-order valence-electron chi connectivity index (χ3n) is 3.48. The zero-order valence-electron chi connectivity index (χ0n) is 13.0. The molecule has 24 heavy (non-hydrogen) atoms. The van der Waals surface area contributed by atoms with Crippen molar-refractivity contribution in [3.63, 3.8) is 0 Å². The zero-order chi connectivity index (χ0) is 16.9. The van der Waals surface area contributed by atoms with E-state index in [2.05, 4.69) is 0 Å². The van der Waals surface area contributed by atoms with E-state index in [1.165, 1.54) is 7.11 Å². The third kappa shape index (κ3) is 2.85. The summed E-state index contributed by atoms with van der Waals surface area (Å²) >= 11 is 0. The monoisotopic (exact) mass is 318 g/mol. The molecule has 0 bridgehead atoms. The molecule has 0 saturated carbocycles. The molecule has 3 rings (SSSR count). The first-order chi connectivity index (χ1) is 11.7. The van der Waals surface area contributed by atoms with Crippen LogP contribution in [0.15, 0.2) is 78.3 Å². The van der Waals surface area contributed by atoms with Gasteiger partial charge in [-0.05, 0) is 12.1 Å². The van der Waals surface area contributed by atoms with E-state index in [1.54, 1.807) is 11.1 Å². The number of nitrogens with zero attached hydrogens (tertiary/aromatic N) is 2. The van der Waals surface area contributed by atoms with E-state index in [9.17, 15) is 10.1 Å². The minimum atomic E-state index is -0.740. The Morgan fingerprint density at radius 2 is 1.71 bits per heavy atom. The molecule has 0 atom stereocenters. The van der Waals surface area contributed by atoms with Crippen molar-refractivity contribution in [2.75, 3.05) is 12.0 Å². The van der Waals surface area contributed by atoms with Crippen molar-refractivity contribution in [1.29, 1.82) is 5.26 Å². The van der Waals surface area contributed by atoms with Crippen LogP contribution in [0.3, 0.4) is 0 Å². The fourth-order valence-electron chi connectivity index (χ4n) is 2.33. The molecule has 0 aliphatic carbocycles. The van der Waals surface area contributed by atoms with Crippen LogP contribution in [0.4, 0.5) is 5.69 Å². The number of rotatable bonds is 3. The Labute approximate surface area is 139 Å². The number of para-hydroxylation sites is 1. The highest BCUT2D eigenvalue weighted by Gasteiger charge is 2.30. The predicted octanol–water partition coefficient (Wildman–Crippen LogP) is 3.43. The predicted molar refractivity (Wildman–Crippen MR) is 89.1 cm³/mol. The lowest BCUT2D eigenvalue weighted by molar-refractivity contribution is -0.135. The number of esters is 1. The molecule has 2 aromatic carbocycles. The van der Waals surface area contributed by atoms with Crippen molar-refractivity contribution in [1.82, 2.24) is 0 Å². The number of carbonyl (C=O) groups excluding carboxylic acids is 1. The van der Waals surface area contributed by atoms with Gasteiger partial charge in [-0.1, -0.05) is 48.5 Å². The highest BCUT2D eigenvalue weighted by Crippen LogP contribution is 2.35. The van der Waals surface area contributed by atoms with Gasteiger partial charge in [0.1, 0.15) is 6.07 Å². The van der Waals surface area contributed by atoms with Gasteiger partial charge in [-0.3, -0.25) is 4.90 Å². The van der Waals surface area contributed by atoms with E-state index < -0.39 is 5.97 Å². The topological polar surface area (TPSA) is 62.6 Å². The molecule has 0 spiro atoms. The van der Waals surface area contributed by atoms with Crippen LogP contribution in [0.1, 0.15) is 5.56 Å². The van der Waals surface area contributed by atoms with E-state index >= 15 is 0 Å². The van der Waals surface area contributed by atoms with Crippen LogP contribution in [0.5, 0.6) is 0 Å². The quantitative estimate of drug-likeness (QED) is 0.493. The smallest absolute Gasteiger partial charge is 0.354 e. The number of benzene rings is 2. The molecule has 0 N–H and O–H groups in total. The molecule has 0 unspecified atom stereocenters. The second-order valence-electron chi connectivity index (χ2n) is 4.95. The van der Waals surface area contributed by atoms with E-state index in [0.717, 1.165) is 11.3 Å². The summed E-state index contributed by atoms with van der Waals surface area (Å²) < 4.78 is 10.5. The lowest BCUT2D eigenvalue weighted by atomic mass is 10.2. The van der Waals surface area contributed by atoms with E-state index in [0.29, 0.717) is 5.76 Å². The van der Waals surface area contributed by atoms with Crippen LogP contribution in [0, 0.1) is 11.3 Å². The summed E-state index contributed by atoms with van der Waals surface area (Å²) in [6, 6.07) is 20.7. The molecule has 0 saturated heterocycles. The summed E-state index contributed by atoms with van der Waals surface area (Å²) in [4.78, 5) is 13.6. The first-order valence-electron chi connectivity index (χ1n) is 7.26. The minimum absolute atomic E-state index is 0.134. The molecule has 2 aromatic rings. The number of hydrogen-bond donors (Lipinski definition) is 0. The van der Waals surface area contributed by atoms with E-state index in [1.807, 2.05) is 66.7 Å². The van der Waals surface area contributed by atoms with Crippen LogP contribution >= 0.6 is 0 Å². The van der Waals surface area contributed by atoms with Gasteiger partial charge in [0.25, 0.3) is 0 Å². The van der Waals surface area contributed by atoms with Gasteiger partial charge in [0.15, 0.2) is 11.3 Å². The van der Waals surface area contributed by atoms with Crippen LogP contribution in [-0.2, 0) is 14.3 Å². The number of ether oxygens (including phenoxy) is 2. The normalized spacial score (nSPS) is 15.2. The molecule has 0 fully saturated rings. The third-order valence-corrected chi connectivity index (χ3v) is 3.48. The van der Waals surface area contributed by atoms with Gasteiger partial charge in [-0.2, -0.15) is 5.26 Å². The number of carbonyl (C=O) groups is 1. The number of anilines is 1. The summed E-state index contributed by atoms with van der Waals surface area (Å²) in [6.07, 6.45) is 1.75. The fourth-order valence-corrected chi connectivity index (χ4v) is 2.33. The molecule has 0 radical (unpaired) electrons. The standard InChI is InChI=1S/C19H14N2O3/c1-23-19(22)16(12-20)18-21(15-10-6-3-7-11-15)13-17(24-18)14-8-4-2-5-9-14/h2-11,13H,1H3. The first kappa shape index (κ1) is 15.4. The second-order valence-corrected chi connectivity index (χ2v) is 4.95. The Kier molecular flexibility index (Phi) is 4.30. The van der Waals surface area contributed by atoms with Crippen LogP contribution in [0.25, 0.3) is 5.76 Å². The van der Waals surface area contributed by atoms with Crippen LogP contribution < -0.4 is 4.90 Å². The first-order valence-corrected chi connectivity index (χ1v) is 7.26. The van der Waals surface area contributed by atoms with Crippen LogP contribution in [-0.4, -0.2) is 13.1 Å². The molecule has 0 amide bonds. The summed E-state index contributed by atoms with van der Waals surface area (Å²) in [5, 5.41) is 9.37. The summed E-state index contributed by atoms with van der Waals surface area (Å²) in [7, 11) is 1.23. The van der Waals surface area contributed by atoms with E-state index in [-0.39, 0.29) is 11.5 Å². The number of nitriles is 1. The van der Waals surface area contributed by atoms with E-state index in [4.69, 9.17) is 9.47 Å². The Bertz CT molecular complexity index is 849. The Morgan fingerprint density at radius 1 is 1.08 bits per heavy atom. The molecule has 5 heteroatoms. The Hall–Kier alpha value is -3.52. The number of hydrogen-bond acceptors (Lipinski definition) is 5. The van der Waals surface area contributed by atoms with Crippen molar-refractivity contribution >= 4 is 17.4 Å². The summed E-state index contributed by atoms with van der Waals surface area (Å²) in [5.41, 5.74) is 1.43. The maximum Gasteiger partial charge on any atom is 0.354 e. The summed E-state index contributed by atoms with van der Waals surface area (Å²) in [5.74, 6) is -0.0587. The second kappa shape index (κ2) is 6.71. The van der Waals surface area contributed by atoms with Crippen LogP contribution in [0.2, 0.25) is 0 Å². The maximum atomic E-state index is 11.9. The van der Waals surface area contributed by atoms with Gasteiger partial charge in [0.05, 0.1) is 13.3 Å². The highest BCUT2D eigenvalue weighted by atomic mass is 16.5. The molecule has 1 aliphatic heterocycles. The Morgan fingerprint density at radius 3 is 2.29 bits per heavy atom. The molecule has 1 heterocycles. The number of methoxy groups -OCH3 is 1. The Balaban J connectivity index is 2.11. The maximum absolute atomic E-state index is 11.9. The highest BCUT2D eigenvalue weighted by molar-refractivity contribution is 5.95. The van der Waals surface area contributed by atoms with Gasteiger partial charge >= 0.3 is 5.97 Å². The molecule has 118 valence electrons. The van der Waals surface area contributed by atoms with Gasteiger partial charge in [-0.15, -0.1) is 0 Å². The SMILES string of the molecule is COC(=O)C(C#N)=C1OC(c2ccccc2)=CN1c1ccccc1. The lowest BCUT2D eigenvalue weighted by Gasteiger charge is -2.16.